The van der Waals surface area contributed by atoms with Crippen LogP contribution in [0.25, 0.3) is 0 Å². The Labute approximate surface area is 402 Å². The zero-order valence-electron chi connectivity index (χ0n) is 41.7. The number of benzene rings is 2. The summed E-state index contributed by atoms with van der Waals surface area (Å²) < 4.78 is 2.66. The van der Waals surface area contributed by atoms with E-state index in [4.69, 9.17) is 0 Å². The molecule has 350 valence electrons. The van der Waals surface area contributed by atoms with E-state index in [0.29, 0.717) is 0 Å². The molecule has 2 aliphatic rings. The predicted molar refractivity (Wildman–Crippen MR) is 272 cm³/mol. The van der Waals surface area contributed by atoms with Gasteiger partial charge in [-0.25, -0.2) is 0 Å². The van der Waals surface area contributed by atoms with Gasteiger partial charge >= 0.3 is 0 Å². The molecule has 0 spiro atoms. The molecule has 0 aromatic heterocycles. The fourth-order valence-corrected chi connectivity index (χ4v) is 10.6. The largest absolute Gasteiger partial charge is 1.00 e. The van der Waals surface area contributed by atoms with E-state index >= 15 is 0 Å². The maximum atomic E-state index is 2.66. The van der Waals surface area contributed by atoms with Gasteiger partial charge in [0.05, 0.1) is 5.41 Å². The van der Waals surface area contributed by atoms with Crippen LogP contribution in [0.1, 0.15) is 258 Å². The highest BCUT2D eigenvalue weighted by Crippen LogP contribution is 2.48. The molecular weight excluding hydrogens is 864 g/mol. The number of allylic oxidation sites excluding steroid dienone is 4. The molecule has 2 heterocycles. The fourth-order valence-electron chi connectivity index (χ4n) is 10.6. The number of halogens is 1. The van der Waals surface area contributed by atoms with Crippen LogP contribution in [0.2, 0.25) is 0 Å². The van der Waals surface area contributed by atoms with Crippen LogP contribution in [0.4, 0.5) is 11.4 Å². The van der Waals surface area contributed by atoms with Crippen molar-refractivity contribution in [2.45, 2.75) is 258 Å². The molecule has 0 bridgehead atoms. The van der Waals surface area contributed by atoms with Crippen molar-refractivity contribution in [1.29, 1.82) is 0 Å². The lowest BCUT2D eigenvalue weighted by Gasteiger charge is -2.27. The summed E-state index contributed by atoms with van der Waals surface area (Å²) in [5.74, 6) is 0. The number of para-hydroxylation sites is 2. The van der Waals surface area contributed by atoms with E-state index in [1.54, 1.807) is 0 Å². The van der Waals surface area contributed by atoms with Gasteiger partial charge in [0.1, 0.15) is 6.54 Å². The molecule has 0 atom stereocenters. The first kappa shape index (κ1) is 54.5. The van der Waals surface area contributed by atoms with Crippen LogP contribution in [0.5, 0.6) is 0 Å². The normalized spacial score (nSPS) is 15.8. The third kappa shape index (κ3) is 18.2. The second-order valence-electron chi connectivity index (χ2n) is 20.5. The Morgan fingerprint density at radius 2 is 0.839 bits per heavy atom. The van der Waals surface area contributed by atoms with E-state index in [2.05, 4.69) is 118 Å². The molecule has 0 radical (unpaired) electrons. The Morgan fingerprint density at radius 3 is 1.31 bits per heavy atom. The molecule has 62 heavy (non-hydrogen) atoms. The number of fused-ring (bicyclic) bond motifs is 2. The molecule has 0 amide bonds. The molecule has 4 rings (SSSR count). The van der Waals surface area contributed by atoms with Gasteiger partial charge in [0, 0.05) is 47.5 Å². The zero-order chi connectivity index (χ0) is 43.4. The summed E-state index contributed by atoms with van der Waals surface area (Å²) in [7, 11) is 0. The van der Waals surface area contributed by atoms with Crippen LogP contribution >= 0.6 is 0 Å². The van der Waals surface area contributed by atoms with Gasteiger partial charge in [-0.2, -0.15) is 4.58 Å². The van der Waals surface area contributed by atoms with Gasteiger partial charge in [0.25, 0.3) is 0 Å². The molecule has 2 aliphatic heterocycles. The zero-order valence-corrected chi connectivity index (χ0v) is 43.8. The standard InChI is InChI=1S/C59H97N2.HI/c1-7-9-11-13-15-17-19-21-22-23-24-25-26-27-28-30-32-34-36-42-51-61-55-47-40-38-45-53(55)59(5,6)57(61)49-43-48-56-58(3,4)52-44-37-39-46-54(52)60(56)50-41-35-33-31-29-20-18-16-14-12-10-8-2;/h37-40,43-49H,7-36,41-42,50-51H2,1-6H3;1H/q+1;/p-1. The minimum absolute atomic E-state index is 0. The van der Waals surface area contributed by atoms with E-state index in [-0.39, 0.29) is 34.8 Å². The van der Waals surface area contributed by atoms with Crippen LogP contribution in [-0.2, 0) is 10.8 Å². The molecule has 0 fully saturated rings. The summed E-state index contributed by atoms with van der Waals surface area (Å²) in [5, 5.41) is 0. The second kappa shape index (κ2) is 31.9. The molecule has 2 aromatic carbocycles. The number of hydrogen-bond acceptors (Lipinski definition) is 1. The highest BCUT2D eigenvalue weighted by molar-refractivity contribution is 6.03. The van der Waals surface area contributed by atoms with Crippen molar-refractivity contribution in [2.24, 2.45) is 0 Å². The molecule has 0 unspecified atom stereocenters. The first-order valence-electron chi connectivity index (χ1n) is 26.8. The van der Waals surface area contributed by atoms with Gasteiger partial charge < -0.3 is 28.9 Å². The average molecular weight is 961 g/mol. The molecule has 2 nitrogen and oxygen atoms in total. The Morgan fingerprint density at radius 1 is 0.452 bits per heavy atom. The van der Waals surface area contributed by atoms with Crippen molar-refractivity contribution in [3.8, 4) is 0 Å². The van der Waals surface area contributed by atoms with Crippen molar-refractivity contribution in [2.75, 3.05) is 18.0 Å². The van der Waals surface area contributed by atoms with Crippen LogP contribution in [0, 0.1) is 0 Å². The quantitative estimate of drug-likeness (QED) is 0.0375. The molecule has 0 N–H and O–H groups in total. The molecule has 0 saturated carbocycles. The molecule has 3 heteroatoms. The monoisotopic (exact) mass is 961 g/mol. The molecular formula is C59H97IN2. The maximum absolute atomic E-state index is 2.66. The lowest BCUT2D eigenvalue weighted by atomic mass is 9.81. The van der Waals surface area contributed by atoms with E-state index in [0.717, 1.165) is 13.1 Å². The molecule has 0 saturated heterocycles. The van der Waals surface area contributed by atoms with Crippen LogP contribution in [0.3, 0.4) is 0 Å². The first-order chi connectivity index (χ1) is 29.8. The summed E-state index contributed by atoms with van der Waals surface area (Å²) in [5.41, 5.74) is 8.64. The SMILES string of the molecule is CCCCCCCCCCCCCCCCCCCCCC[N+]1=C(/C=C/C=C2N(CCCCCCCCCCCCCC)c3ccccc3C2(C)C)C(C)(C)c2ccccc21.[I-]. The third-order valence-electron chi connectivity index (χ3n) is 14.6. The Balaban J connectivity index is 0.0000102. The highest BCUT2D eigenvalue weighted by atomic mass is 127. The van der Waals surface area contributed by atoms with Crippen molar-refractivity contribution in [3.05, 3.63) is 83.6 Å². The number of rotatable bonds is 36. The minimum Gasteiger partial charge on any atom is -1.00 e. The van der Waals surface area contributed by atoms with Crippen molar-refractivity contribution in [1.82, 2.24) is 0 Å². The summed E-state index contributed by atoms with van der Waals surface area (Å²) >= 11 is 0. The molecule has 2 aromatic rings. The fraction of sp³-hybridized carbons (Fsp3) is 0.712. The van der Waals surface area contributed by atoms with E-state index in [1.807, 2.05) is 0 Å². The van der Waals surface area contributed by atoms with E-state index < -0.39 is 0 Å². The van der Waals surface area contributed by atoms with Gasteiger partial charge in [-0.1, -0.05) is 256 Å². The maximum Gasteiger partial charge on any atom is 0.209 e. The smallest absolute Gasteiger partial charge is 0.209 e. The van der Waals surface area contributed by atoms with Crippen molar-refractivity contribution in [3.63, 3.8) is 0 Å². The lowest BCUT2D eigenvalue weighted by molar-refractivity contribution is -0.438. The number of hydrogen-bond donors (Lipinski definition) is 0. The third-order valence-corrected chi connectivity index (χ3v) is 14.6. The number of anilines is 1. The van der Waals surface area contributed by atoms with E-state index in [1.165, 1.54) is 239 Å². The minimum atomic E-state index is -0.0119. The van der Waals surface area contributed by atoms with Gasteiger partial charge in [-0.15, -0.1) is 0 Å². The first-order valence-corrected chi connectivity index (χ1v) is 26.8. The van der Waals surface area contributed by atoms with Crippen LogP contribution < -0.4 is 28.9 Å². The summed E-state index contributed by atoms with van der Waals surface area (Å²) in [6.45, 7) is 16.6. The number of unbranched alkanes of at least 4 members (excludes halogenated alkanes) is 30. The van der Waals surface area contributed by atoms with Gasteiger partial charge in [0.2, 0.25) is 5.69 Å². The number of nitrogens with zero attached hydrogens (tertiary/aromatic N) is 2. The topological polar surface area (TPSA) is 6.25 Å². The molecule has 0 aliphatic carbocycles. The van der Waals surface area contributed by atoms with Gasteiger partial charge in [-0.3, -0.25) is 0 Å². The Bertz CT molecular complexity index is 1560. The van der Waals surface area contributed by atoms with Crippen molar-refractivity contribution < 1.29 is 28.6 Å². The Kier molecular flexibility index (Phi) is 28.0. The summed E-state index contributed by atoms with van der Waals surface area (Å²) in [4.78, 5) is 2.66. The van der Waals surface area contributed by atoms with Gasteiger partial charge in [-0.05, 0) is 44.4 Å². The van der Waals surface area contributed by atoms with E-state index in [9.17, 15) is 0 Å². The average Bonchev–Trinajstić information content (AvgIpc) is 3.61. The van der Waals surface area contributed by atoms with Crippen molar-refractivity contribution >= 4 is 17.1 Å². The summed E-state index contributed by atoms with van der Waals surface area (Å²) in [6.07, 6.45) is 52.6. The highest BCUT2D eigenvalue weighted by Gasteiger charge is 2.44. The predicted octanol–water partition coefficient (Wildman–Crippen LogP) is 15.8. The Hall–Kier alpha value is -1.88. The summed E-state index contributed by atoms with van der Waals surface area (Å²) in [6, 6.07) is 18.4. The van der Waals surface area contributed by atoms with Gasteiger partial charge in [0.15, 0.2) is 5.71 Å². The van der Waals surface area contributed by atoms with Crippen LogP contribution in [-0.4, -0.2) is 23.4 Å². The lowest BCUT2D eigenvalue weighted by Crippen LogP contribution is -3.00. The van der Waals surface area contributed by atoms with Crippen LogP contribution in [0.15, 0.2) is 72.5 Å². The second-order valence-corrected chi connectivity index (χ2v) is 20.5.